The number of nitrogens with zero attached hydrogens (tertiary/aromatic N) is 4. The molecule has 4 amide bonds. The van der Waals surface area contributed by atoms with Crippen molar-refractivity contribution in [2.75, 3.05) is 19.0 Å². The first-order valence-corrected chi connectivity index (χ1v) is 11.5. The highest BCUT2D eigenvalue weighted by Gasteiger charge is 2.53. The van der Waals surface area contributed by atoms with Crippen LogP contribution >= 0.6 is 0 Å². The van der Waals surface area contributed by atoms with E-state index in [4.69, 9.17) is 9.15 Å². The van der Waals surface area contributed by atoms with Crippen LogP contribution < -0.4 is 20.7 Å². The van der Waals surface area contributed by atoms with Gasteiger partial charge < -0.3 is 24.7 Å². The van der Waals surface area contributed by atoms with Crippen LogP contribution in [0, 0.1) is 6.92 Å². The van der Waals surface area contributed by atoms with Crippen molar-refractivity contribution >= 4 is 40.6 Å². The van der Waals surface area contributed by atoms with Crippen LogP contribution in [0.2, 0.25) is 0 Å². The number of hydrogen-bond donors (Lipinski definition) is 3. The van der Waals surface area contributed by atoms with Gasteiger partial charge in [-0.25, -0.2) is 9.78 Å². The molecule has 188 valence electrons. The third-order valence-corrected chi connectivity index (χ3v) is 6.73. The predicted octanol–water partition coefficient (Wildman–Crippen LogP) is 2.31. The molecule has 0 bridgehead atoms. The van der Waals surface area contributed by atoms with E-state index in [9.17, 15) is 14.4 Å². The third kappa shape index (κ3) is 3.56. The number of benzene rings is 1. The Bertz CT molecular complexity index is 1590. The van der Waals surface area contributed by atoms with Crippen molar-refractivity contribution < 1.29 is 23.5 Å². The zero-order valence-corrected chi connectivity index (χ0v) is 20.3. The minimum atomic E-state index is -1.62. The molecule has 6 rings (SSSR count). The molecule has 3 aromatic heterocycles. The Kier molecular flexibility index (Phi) is 4.93. The van der Waals surface area contributed by atoms with Gasteiger partial charge in [-0.15, -0.1) is 0 Å². The first kappa shape index (κ1) is 22.6. The largest absolute Gasteiger partial charge is 0.497 e. The average molecular weight is 502 g/mol. The molecule has 0 radical (unpaired) electrons. The van der Waals surface area contributed by atoms with Gasteiger partial charge in [-0.2, -0.15) is 5.10 Å². The second kappa shape index (κ2) is 8.08. The number of furan rings is 1. The minimum Gasteiger partial charge on any atom is -0.497 e. The van der Waals surface area contributed by atoms with Gasteiger partial charge in [-0.3, -0.25) is 19.6 Å². The van der Waals surface area contributed by atoms with Gasteiger partial charge in [-0.05, 0) is 36.8 Å². The van der Waals surface area contributed by atoms with Gasteiger partial charge in [0.2, 0.25) is 0 Å². The Hall–Kier alpha value is -4.87. The molecule has 2 aliphatic heterocycles. The molecule has 12 heteroatoms. The number of pyridine rings is 1. The Morgan fingerprint density at radius 2 is 2.03 bits per heavy atom. The van der Waals surface area contributed by atoms with Crippen molar-refractivity contribution in [1.29, 1.82) is 0 Å². The number of carbonyl (C=O) groups excluding carboxylic acids is 3. The Labute approximate surface area is 210 Å². The maximum absolute atomic E-state index is 13.2. The molecule has 1 fully saturated rings. The monoisotopic (exact) mass is 501 g/mol. The number of anilines is 2. The van der Waals surface area contributed by atoms with E-state index in [1.165, 1.54) is 12.0 Å². The number of aromatic nitrogens is 3. The number of rotatable bonds is 6. The summed E-state index contributed by atoms with van der Waals surface area (Å²) in [7, 11) is 3.35. The van der Waals surface area contributed by atoms with Gasteiger partial charge in [0.1, 0.15) is 28.7 Å². The zero-order chi connectivity index (χ0) is 25.9. The second-order valence-electron chi connectivity index (χ2n) is 9.11. The molecule has 4 aromatic rings. The number of amides is 4. The van der Waals surface area contributed by atoms with Crippen LogP contribution in [-0.4, -0.2) is 51.2 Å². The topological polar surface area (TPSA) is 144 Å². The summed E-state index contributed by atoms with van der Waals surface area (Å²) in [6.45, 7) is 2.09. The van der Waals surface area contributed by atoms with Crippen LogP contribution in [0.1, 0.15) is 27.2 Å². The summed E-state index contributed by atoms with van der Waals surface area (Å²) in [5, 5.41) is 12.4. The van der Waals surface area contributed by atoms with Crippen LogP contribution in [0.3, 0.4) is 0 Å². The normalized spacial score (nSPS) is 18.8. The highest BCUT2D eigenvalue weighted by atomic mass is 16.5. The zero-order valence-electron chi connectivity index (χ0n) is 20.3. The SMILES string of the molecule is COc1ccc2c(c1)C(=O)N(CC1(c3cc4nc(Nc5c(C)cnn5C)ccc4o3)NC(=O)NC1=O)C2. The average Bonchev–Trinajstić information content (AvgIpc) is 3.61. The van der Waals surface area contributed by atoms with Crippen molar-refractivity contribution in [3.05, 3.63) is 65.0 Å². The smallest absolute Gasteiger partial charge is 0.322 e. The van der Waals surface area contributed by atoms with Crippen molar-refractivity contribution in [1.82, 2.24) is 30.3 Å². The fourth-order valence-corrected chi connectivity index (χ4v) is 4.79. The highest BCUT2D eigenvalue weighted by Crippen LogP contribution is 2.35. The van der Waals surface area contributed by atoms with E-state index >= 15 is 0 Å². The van der Waals surface area contributed by atoms with Gasteiger partial charge in [0.05, 0.1) is 19.9 Å². The van der Waals surface area contributed by atoms with E-state index in [1.54, 1.807) is 41.2 Å². The molecule has 0 spiro atoms. The number of ether oxygens (including phenoxy) is 1. The van der Waals surface area contributed by atoms with Gasteiger partial charge in [0.25, 0.3) is 11.8 Å². The molecule has 37 heavy (non-hydrogen) atoms. The van der Waals surface area contributed by atoms with E-state index < -0.39 is 17.5 Å². The number of imide groups is 1. The quantitative estimate of drug-likeness (QED) is 0.342. The molecule has 1 aromatic carbocycles. The maximum Gasteiger partial charge on any atom is 0.322 e. The van der Waals surface area contributed by atoms with E-state index in [-0.39, 0.29) is 24.8 Å². The van der Waals surface area contributed by atoms with Crippen molar-refractivity contribution in [3.8, 4) is 5.75 Å². The molecule has 3 N–H and O–H groups in total. The third-order valence-electron chi connectivity index (χ3n) is 6.73. The van der Waals surface area contributed by atoms with Gasteiger partial charge in [0, 0.05) is 30.8 Å². The summed E-state index contributed by atoms with van der Waals surface area (Å²) < 4.78 is 13.0. The Morgan fingerprint density at radius 1 is 1.19 bits per heavy atom. The summed E-state index contributed by atoms with van der Waals surface area (Å²) in [6, 6.07) is 9.67. The maximum atomic E-state index is 13.2. The lowest BCUT2D eigenvalue weighted by molar-refractivity contribution is -0.125. The van der Waals surface area contributed by atoms with Gasteiger partial charge in [-0.1, -0.05) is 6.07 Å². The molecule has 1 saturated heterocycles. The number of methoxy groups -OCH3 is 1. The van der Waals surface area contributed by atoms with Crippen molar-refractivity contribution in [2.45, 2.75) is 19.0 Å². The van der Waals surface area contributed by atoms with Crippen LogP contribution in [0.4, 0.5) is 16.4 Å². The molecule has 2 aliphatic rings. The van der Waals surface area contributed by atoms with E-state index in [0.29, 0.717) is 28.2 Å². The highest BCUT2D eigenvalue weighted by molar-refractivity contribution is 6.08. The number of carbonyl (C=O) groups is 3. The second-order valence-corrected chi connectivity index (χ2v) is 9.11. The van der Waals surface area contributed by atoms with E-state index in [2.05, 4.69) is 26.0 Å². The Balaban J connectivity index is 1.35. The molecular formula is C25H23N7O5. The minimum absolute atomic E-state index is 0.125. The fourth-order valence-electron chi connectivity index (χ4n) is 4.79. The standard InChI is InChI=1S/C25H23N7O5/c1-13-10-26-31(2)21(13)28-20-7-6-18-17(27-20)9-19(37-18)25(23(34)29-24(35)30-25)12-32-11-14-4-5-15(36-3)8-16(14)22(32)33/h4-10H,11-12H2,1-3H3,(H,27,28)(H2,29,30,34,35). The number of urea groups is 1. The summed E-state index contributed by atoms with van der Waals surface area (Å²) >= 11 is 0. The molecule has 0 saturated carbocycles. The molecular weight excluding hydrogens is 478 g/mol. The van der Waals surface area contributed by atoms with E-state index in [0.717, 1.165) is 16.9 Å². The Morgan fingerprint density at radius 3 is 2.73 bits per heavy atom. The van der Waals surface area contributed by atoms with Crippen LogP contribution in [-0.2, 0) is 23.9 Å². The lowest BCUT2D eigenvalue weighted by Gasteiger charge is -2.28. The molecule has 1 atom stereocenters. The first-order chi connectivity index (χ1) is 17.8. The van der Waals surface area contributed by atoms with Crippen molar-refractivity contribution in [3.63, 3.8) is 0 Å². The molecule has 12 nitrogen and oxygen atoms in total. The lowest BCUT2D eigenvalue weighted by Crippen LogP contribution is -2.52. The number of nitrogens with one attached hydrogen (secondary N) is 3. The summed E-state index contributed by atoms with van der Waals surface area (Å²) in [5.41, 5.74) is 1.54. The number of hydrogen-bond acceptors (Lipinski definition) is 8. The van der Waals surface area contributed by atoms with Crippen molar-refractivity contribution in [2.24, 2.45) is 7.05 Å². The van der Waals surface area contributed by atoms with Gasteiger partial charge in [0.15, 0.2) is 11.1 Å². The molecule has 0 aliphatic carbocycles. The van der Waals surface area contributed by atoms with Crippen LogP contribution in [0.25, 0.3) is 11.1 Å². The fraction of sp³-hybridized carbons (Fsp3) is 0.240. The summed E-state index contributed by atoms with van der Waals surface area (Å²) in [5.74, 6) is 1.20. The van der Waals surface area contributed by atoms with Crippen LogP contribution in [0.15, 0.2) is 47.0 Å². The van der Waals surface area contributed by atoms with Crippen LogP contribution in [0.5, 0.6) is 5.75 Å². The van der Waals surface area contributed by atoms with E-state index in [1.807, 2.05) is 20.0 Å². The lowest BCUT2D eigenvalue weighted by atomic mass is 9.95. The number of aryl methyl sites for hydroxylation is 2. The summed E-state index contributed by atoms with van der Waals surface area (Å²) in [6.07, 6.45) is 1.75. The number of fused-ring (bicyclic) bond motifs is 2. The molecule has 1 unspecified atom stereocenters. The summed E-state index contributed by atoms with van der Waals surface area (Å²) in [4.78, 5) is 44.7. The predicted molar refractivity (Wildman–Crippen MR) is 131 cm³/mol. The first-order valence-electron chi connectivity index (χ1n) is 11.5. The van der Waals surface area contributed by atoms with Gasteiger partial charge >= 0.3 is 6.03 Å². The molecule has 5 heterocycles.